The Morgan fingerprint density at radius 3 is 1.95 bits per heavy atom. The lowest BCUT2D eigenvalue weighted by Gasteiger charge is -2.15. The molecular weight excluding hydrogens is 270 g/mol. The fourth-order valence-electron chi connectivity index (χ4n) is 1.37. The number of rotatable bonds is 8. The van der Waals surface area contributed by atoms with Gasteiger partial charge in [0.1, 0.15) is 5.76 Å². The maximum Gasteiger partial charge on any atom is 0.200 e. The van der Waals surface area contributed by atoms with Crippen molar-refractivity contribution in [3.8, 4) is 0 Å². The normalized spacial score (nSPS) is 14.0. The Bertz CT molecular complexity index is 369. The molecule has 21 heavy (non-hydrogen) atoms. The summed E-state index contributed by atoms with van der Waals surface area (Å²) in [6.45, 7) is 18.7. The Morgan fingerprint density at radius 1 is 1.10 bits per heavy atom. The zero-order chi connectivity index (χ0) is 17.0. The molecule has 0 rings (SSSR count). The molecule has 0 aliphatic heterocycles. The minimum absolute atomic E-state index is 0.136. The Balaban J connectivity index is 0. The van der Waals surface area contributed by atoms with E-state index in [4.69, 9.17) is 0 Å². The standard InChI is InChI=1S/C15H22F2O.C3H8/c1-7-10(2)8-9-11(3)12(4)14(16)15(17)13(5)18-6;1-3-2/h7,10-11H,1,4-5,8-9H2,2-3,6H3;3H2,1-2H3/b15-14-;. The summed E-state index contributed by atoms with van der Waals surface area (Å²) < 4.78 is 31.8. The van der Waals surface area contributed by atoms with Crippen molar-refractivity contribution in [3.05, 3.63) is 48.8 Å². The molecule has 0 spiro atoms. The molecule has 0 N–H and O–H groups in total. The van der Waals surface area contributed by atoms with Crippen LogP contribution in [-0.2, 0) is 4.74 Å². The first-order valence-corrected chi connectivity index (χ1v) is 7.36. The second kappa shape index (κ2) is 12.4. The van der Waals surface area contributed by atoms with E-state index in [1.54, 1.807) is 0 Å². The van der Waals surface area contributed by atoms with Gasteiger partial charge < -0.3 is 4.74 Å². The zero-order valence-electron chi connectivity index (χ0n) is 14.1. The van der Waals surface area contributed by atoms with Gasteiger partial charge in [-0.25, -0.2) is 4.39 Å². The average Bonchev–Trinajstić information content (AvgIpc) is 2.49. The lowest BCUT2D eigenvalue weighted by atomic mass is 9.92. The summed E-state index contributed by atoms with van der Waals surface area (Å²) in [5.41, 5.74) is 0.141. The van der Waals surface area contributed by atoms with E-state index in [2.05, 4.69) is 38.3 Å². The molecule has 0 radical (unpaired) electrons. The molecule has 0 bridgehead atoms. The van der Waals surface area contributed by atoms with Gasteiger partial charge >= 0.3 is 0 Å². The summed E-state index contributed by atoms with van der Waals surface area (Å²) in [6.07, 6.45) is 4.69. The molecule has 0 aromatic heterocycles. The Kier molecular flexibility index (Phi) is 12.9. The highest BCUT2D eigenvalue weighted by Gasteiger charge is 2.18. The maximum atomic E-state index is 13.7. The number of ether oxygens (including phenoxy) is 1. The van der Waals surface area contributed by atoms with Crippen LogP contribution in [0.3, 0.4) is 0 Å². The van der Waals surface area contributed by atoms with E-state index in [9.17, 15) is 8.78 Å². The molecule has 2 unspecified atom stereocenters. The van der Waals surface area contributed by atoms with Crippen LogP contribution in [0.2, 0.25) is 0 Å². The molecular formula is C18H30F2O. The summed E-state index contributed by atoms with van der Waals surface area (Å²) in [4.78, 5) is 0. The molecule has 0 aliphatic rings. The molecule has 0 fully saturated rings. The van der Waals surface area contributed by atoms with E-state index in [0.29, 0.717) is 5.92 Å². The van der Waals surface area contributed by atoms with Gasteiger partial charge in [0.25, 0.3) is 0 Å². The zero-order valence-corrected chi connectivity index (χ0v) is 14.1. The van der Waals surface area contributed by atoms with Crippen LogP contribution in [0.4, 0.5) is 8.78 Å². The minimum Gasteiger partial charge on any atom is -0.494 e. The van der Waals surface area contributed by atoms with E-state index in [1.165, 1.54) is 13.5 Å². The number of methoxy groups -OCH3 is 1. The largest absolute Gasteiger partial charge is 0.494 e. The highest BCUT2D eigenvalue weighted by molar-refractivity contribution is 5.33. The molecule has 0 aliphatic carbocycles. The van der Waals surface area contributed by atoms with E-state index in [1.807, 2.05) is 19.9 Å². The van der Waals surface area contributed by atoms with Gasteiger partial charge in [0.15, 0.2) is 11.7 Å². The Morgan fingerprint density at radius 2 is 1.57 bits per heavy atom. The number of hydrogen-bond donors (Lipinski definition) is 0. The topological polar surface area (TPSA) is 9.23 Å². The van der Waals surface area contributed by atoms with Crippen LogP contribution >= 0.6 is 0 Å². The van der Waals surface area contributed by atoms with Crippen molar-refractivity contribution < 1.29 is 13.5 Å². The number of allylic oxidation sites excluding steroid dienone is 4. The maximum absolute atomic E-state index is 13.7. The minimum atomic E-state index is -1.08. The van der Waals surface area contributed by atoms with Crippen molar-refractivity contribution in [1.82, 2.24) is 0 Å². The molecule has 0 aromatic carbocycles. The summed E-state index contributed by atoms with van der Waals surface area (Å²) in [5.74, 6) is -2.15. The van der Waals surface area contributed by atoms with E-state index in [-0.39, 0.29) is 17.3 Å². The predicted molar refractivity (Wildman–Crippen MR) is 88.3 cm³/mol. The highest BCUT2D eigenvalue weighted by Crippen LogP contribution is 2.29. The lowest BCUT2D eigenvalue weighted by molar-refractivity contribution is 0.280. The van der Waals surface area contributed by atoms with Crippen LogP contribution in [0, 0.1) is 11.8 Å². The molecule has 0 aromatic rings. The third-order valence-electron chi connectivity index (χ3n) is 3.02. The fraction of sp³-hybridized carbons (Fsp3) is 0.556. The highest BCUT2D eigenvalue weighted by atomic mass is 19.2. The van der Waals surface area contributed by atoms with Crippen molar-refractivity contribution in [2.24, 2.45) is 11.8 Å². The second-order valence-electron chi connectivity index (χ2n) is 5.18. The summed E-state index contributed by atoms with van der Waals surface area (Å²) >= 11 is 0. The van der Waals surface area contributed by atoms with Crippen LogP contribution in [0.1, 0.15) is 47.0 Å². The predicted octanol–water partition coefficient (Wildman–Crippen LogP) is 6.51. The first-order chi connectivity index (χ1) is 9.76. The quantitative estimate of drug-likeness (QED) is 0.282. The van der Waals surface area contributed by atoms with Gasteiger partial charge in [-0.15, -0.1) is 6.58 Å². The van der Waals surface area contributed by atoms with Crippen molar-refractivity contribution in [2.45, 2.75) is 47.0 Å². The van der Waals surface area contributed by atoms with E-state index < -0.39 is 11.7 Å². The monoisotopic (exact) mass is 300 g/mol. The fourth-order valence-corrected chi connectivity index (χ4v) is 1.37. The molecule has 0 saturated heterocycles. The van der Waals surface area contributed by atoms with Crippen molar-refractivity contribution in [3.63, 3.8) is 0 Å². The molecule has 0 saturated carbocycles. The molecule has 1 nitrogen and oxygen atoms in total. The third kappa shape index (κ3) is 9.22. The number of hydrogen-bond acceptors (Lipinski definition) is 1. The van der Waals surface area contributed by atoms with E-state index >= 15 is 0 Å². The smallest absolute Gasteiger partial charge is 0.200 e. The first kappa shape index (κ1) is 21.9. The Hall–Kier alpha value is -1.38. The van der Waals surface area contributed by atoms with Gasteiger partial charge in [0, 0.05) is 0 Å². The van der Waals surface area contributed by atoms with Gasteiger partial charge in [0.2, 0.25) is 0 Å². The molecule has 2 atom stereocenters. The van der Waals surface area contributed by atoms with Crippen LogP contribution in [0.15, 0.2) is 48.8 Å². The van der Waals surface area contributed by atoms with Crippen LogP contribution in [0.5, 0.6) is 0 Å². The Labute approximate surface area is 129 Å². The van der Waals surface area contributed by atoms with Gasteiger partial charge in [-0.05, 0) is 30.3 Å². The molecule has 0 heterocycles. The molecule has 3 heteroatoms. The van der Waals surface area contributed by atoms with Gasteiger partial charge in [0.05, 0.1) is 7.11 Å². The summed E-state index contributed by atoms with van der Waals surface area (Å²) in [6, 6.07) is 0. The lowest BCUT2D eigenvalue weighted by Crippen LogP contribution is -2.03. The third-order valence-corrected chi connectivity index (χ3v) is 3.02. The van der Waals surface area contributed by atoms with Crippen LogP contribution < -0.4 is 0 Å². The van der Waals surface area contributed by atoms with Crippen molar-refractivity contribution >= 4 is 0 Å². The SMILES string of the molecule is C=CC(C)CCC(C)C(=C)/C(F)=C(/F)C(=C)OC.CCC. The summed E-state index contributed by atoms with van der Waals surface area (Å²) in [7, 11) is 1.24. The van der Waals surface area contributed by atoms with Gasteiger partial charge in [-0.3, -0.25) is 0 Å². The summed E-state index contributed by atoms with van der Waals surface area (Å²) in [5, 5.41) is 0. The molecule has 122 valence electrons. The average molecular weight is 300 g/mol. The van der Waals surface area contributed by atoms with Crippen molar-refractivity contribution in [1.29, 1.82) is 0 Å². The van der Waals surface area contributed by atoms with Crippen molar-refractivity contribution in [2.75, 3.05) is 7.11 Å². The van der Waals surface area contributed by atoms with E-state index in [0.717, 1.165) is 12.8 Å². The van der Waals surface area contributed by atoms with Gasteiger partial charge in [-0.2, -0.15) is 4.39 Å². The number of halogens is 2. The van der Waals surface area contributed by atoms with Gasteiger partial charge in [-0.1, -0.05) is 53.3 Å². The second-order valence-corrected chi connectivity index (χ2v) is 5.18. The van der Waals surface area contributed by atoms with Crippen LogP contribution in [0.25, 0.3) is 0 Å². The van der Waals surface area contributed by atoms with Crippen LogP contribution in [-0.4, -0.2) is 7.11 Å². The first-order valence-electron chi connectivity index (χ1n) is 7.36. The molecule has 0 amide bonds.